The molecule has 1 aromatic heterocycles. The van der Waals surface area contributed by atoms with Crippen LogP contribution in [0.4, 0.5) is 5.95 Å². The van der Waals surface area contributed by atoms with Gasteiger partial charge in [0.2, 0.25) is 11.1 Å². The van der Waals surface area contributed by atoms with Crippen LogP contribution in [0.25, 0.3) is 10.8 Å². The predicted octanol–water partition coefficient (Wildman–Crippen LogP) is 5.45. The number of aromatic hydroxyl groups is 1. The number of hydrogen-bond donors (Lipinski definition) is 2. The van der Waals surface area contributed by atoms with E-state index in [0.717, 1.165) is 35.1 Å². The van der Waals surface area contributed by atoms with Gasteiger partial charge in [0.05, 0.1) is 0 Å². The van der Waals surface area contributed by atoms with Gasteiger partial charge < -0.3 is 10.4 Å². The summed E-state index contributed by atoms with van der Waals surface area (Å²) in [4.78, 5) is 17.9. The molecule has 6 rings (SSSR count). The van der Waals surface area contributed by atoms with Crippen LogP contribution in [0.5, 0.6) is 5.75 Å². The zero-order valence-corrected chi connectivity index (χ0v) is 18.7. The smallest absolute Gasteiger partial charge is 0.227 e. The van der Waals surface area contributed by atoms with Crippen molar-refractivity contribution in [1.29, 1.82) is 0 Å². The Kier molecular flexibility index (Phi) is 4.91. The molecule has 2 aliphatic rings. The van der Waals surface area contributed by atoms with E-state index in [-0.39, 0.29) is 11.5 Å². The Hall–Kier alpha value is -3.58. The van der Waals surface area contributed by atoms with Crippen molar-refractivity contribution < 1.29 is 9.90 Å². The van der Waals surface area contributed by atoms with E-state index in [2.05, 4.69) is 17.4 Å². The van der Waals surface area contributed by atoms with Crippen molar-refractivity contribution in [3.63, 3.8) is 0 Å². The van der Waals surface area contributed by atoms with Gasteiger partial charge in [-0.15, -0.1) is 5.10 Å². The maximum absolute atomic E-state index is 13.1. The van der Waals surface area contributed by atoms with Crippen molar-refractivity contribution in [2.75, 3.05) is 5.32 Å². The number of aromatic nitrogens is 3. The fourth-order valence-corrected chi connectivity index (χ4v) is 5.54. The molecule has 0 saturated heterocycles. The van der Waals surface area contributed by atoms with Crippen molar-refractivity contribution >= 4 is 34.3 Å². The highest BCUT2D eigenvalue weighted by Crippen LogP contribution is 2.45. The number of rotatable bonds is 4. The van der Waals surface area contributed by atoms with Crippen LogP contribution in [0.15, 0.2) is 83.2 Å². The standard InChI is InChI=1S/C26H22N4O2S/c31-20-12-6-11-19-23(20)24(22-18-10-5-4-9-17(18)13-14-21(22)32)30-25(27-19)28-26(29-30)33-15-16-7-2-1-3-8-16/h1-5,7-10,13-14,24,32H,6,11-12,15H2,(H,27,28,29). The first-order chi connectivity index (χ1) is 16.2. The maximum Gasteiger partial charge on any atom is 0.227 e. The maximum atomic E-state index is 13.1. The highest BCUT2D eigenvalue weighted by atomic mass is 32.2. The van der Waals surface area contributed by atoms with Gasteiger partial charge in [0, 0.05) is 29.0 Å². The van der Waals surface area contributed by atoms with E-state index >= 15 is 0 Å². The van der Waals surface area contributed by atoms with Crippen LogP contribution in [-0.2, 0) is 10.5 Å². The number of thioether (sulfide) groups is 1. The van der Waals surface area contributed by atoms with Crippen LogP contribution >= 0.6 is 11.8 Å². The molecule has 3 aromatic carbocycles. The minimum absolute atomic E-state index is 0.0979. The molecule has 0 radical (unpaired) electrons. The van der Waals surface area contributed by atoms with Gasteiger partial charge in [0.25, 0.3) is 0 Å². The van der Waals surface area contributed by atoms with Gasteiger partial charge >= 0.3 is 0 Å². The average molecular weight is 455 g/mol. The number of allylic oxidation sites excluding steroid dienone is 2. The Morgan fingerprint density at radius 3 is 2.73 bits per heavy atom. The lowest BCUT2D eigenvalue weighted by Crippen LogP contribution is -2.31. The van der Waals surface area contributed by atoms with Gasteiger partial charge in [0.15, 0.2) is 5.78 Å². The number of nitrogens with zero attached hydrogens (tertiary/aromatic N) is 3. The number of phenolic OH excluding ortho intramolecular Hbond substituents is 1. The number of carbonyl (C=O) groups is 1. The number of carbonyl (C=O) groups excluding carboxylic acids is 1. The monoisotopic (exact) mass is 454 g/mol. The fraction of sp³-hybridized carbons (Fsp3) is 0.192. The van der Waals surface area contributed by atoms with Gasteiger partial charge in [-0.1, -0.05) is 72.4 Å². The Morgan fingerprint density at radius 1 is 1.03 bits per heavy atom. The number of benzene rings is 3. The van der Waals surface area contributed by atoms with Gasteiger partial charge in [-0.3, -0.25) is 4.79 Å². The summed E-state index contributed by atoms with van der Waals surface area (Å²) in [5.74, 6) is 1.61. The van der Waals surface area contributed by atoms with Crippen LogP contribution in [0.1, 0.15) is 36.4 Å². The lowest BCUT2D eigenvalue weighted by atomic mass is 9.83. The van der Waals surface area contributed by atoms with Crippen molar-refractivity contribution in [2.45, 2.75) is 36.2 Å². The summed E-state index contributed by atoms with van der Waals surface area (Å²) in [5, 5.41) is 21.7. The molecule has 2 heterocycles. The highest BCUT2D eigenvalue weighted by Gasteiger charge is 2.38. The third-order valence-electron chi connectivity index (χ3n) is 6.28. The van der Waals surface area contributed by atoms with E-state index in [4.69, 9.17) is 10.1 Å². The molecule has 0 fully saturated rings. The van der Waals surface area contributed by atoms with E-state index in [1.54, 1.807) is 22.5 Å². The molecule has 164 valence electrons. The van der Waals surface area contributed by atoms with Gasteiger partial charge in [0.1, 0.15) is 11.8 Å². The summed E-state index contributed by atoms with van der Waals surface area (Å²) < 4.78 is 1.77. The van der Waals surface area contributed by atoms with Gasteiger partial charge in [-0.05, 0) is 35.2 Å². The summed E-state index contributed by atoms with van der Waals surface area (Å²) in [6.07, 6.45) is 2.09. The molecular weight excluding hydrogens is 432 g/mol. The van der Waals surface area contributed by atoms with Crippen molar-refractivity contribution in [3.8, 4) is 5.75 Å². The SMILES string of the molecule is O=C1CCCC2=C1C(c1c(O)ccc3ccccc13)n1nc(SCc3ccccc3)nc1N2. The molecule has 1 atom stereocenters. The van der Waals surface area contributed by atoms with Crippen molar-refractivity contribution in [2.24, 2.45) is 0 Å². The predicted molar refractivity (Wildman–Crippen MR) is 129 cm³/mol. The normalized spacial score (nSPS) is 17.6. The quantitative estimate of drug-likeness (QED) is 0.399. The first kappa shape index (κ1) is 20.1. The fourth-order valence-electron chi connectivity index (χ4n) is 4.76. The number of Topliss-reactive ketones (excluding diaryl/α,β-unsaturated/α-hetero) is 1. The molecule has 0 saturated carbocycles. The second-order valence-electron chi connectivity index (χ2n) is 8.35. The Balaban J connectivity index is 1.48. The summed E-state index contributed by atoms with van der Waals surface area (Å²) in [7, 11) is 0. The first-order valence-electron chi connectivity index (χ1n) is 11.1. The molecule has 1 aliphatic carbocycles. The van der Waals surface area contributed by atoms with Gasteiger partial charge in [-0.2, -0.15) is 4.98 Å². The summed E-state index contributed by atoms with van der Waals surface area (Å²) >= 11 is 1.56. The van der Waals surface area contributed by atoms with Crippen LogP contribution in [0.3, 0.4) is 0 Å². The average Bonchev–Trinajstić information content (AvgIpc) is 3.25. The molecule has 0 spiro atoms. The van der Waals surface area contributed by atoms with E-state index in [1.807, 2.05) is 48.5 Å². The summed E-state index contributed by atoms with van der Waals surface area (Å²) in [6, 6.07) is 21.2. The molecule has 7 heteroatoms. The summed E-state index contributed by atoms with van der Waals surface area (Å²) in [5.41, 5.74) is 3.47. The molecule has 1 unspecified atom stereocenters. The molecule has 0 amide bonds. The molecule has 1 aliphatic heterocycles. The minimum atomic E-state index is -0.520. The Morgan fingerprint density at radius 2 is 1.85 bits per heavy atom. The molecule has 0 bridgehead atoms. The third kappa shape index (κ3) is 3.49. The number of ketones is 1. The summed E-state index contributed by atoms with van der Waals surface area (Å²) in [6.45, 7) is 0. The molecule has 33 heavy (non-hydrogen) atoms. The van der Waals surface area contributed by atoms with E-state index < -0.39 is 6.04 Å². The van der Waals surface area contributed by atoms with Crippen molar-refractivity contribution in [3.05, 3.63) is 89.1 Å². The van der Waals surface area contributed by atoms with E-state index in [9.17, 15) is 9.90 Å². The van der Waals surface area contributed by atoms with E-state index in [0.29, 0.717) is 28.7 Å². The minimum Gasteiger partial charge on any atom is -0.508 e. The molecular formula is C26H22N4O2S. The van der Waals surface area contributed by atoms with Crippen LogP contribution in [0.2, 0.25) is 0 Å². The number of fused-ring (bicyclic) bond motifs is 2. The third-order valence-corrected chi connectivity index (χ3v) is 7.19. The largest absolute Gasteiger partial charge is 0.508 e. The van der Waals surface area contributed by atoms with E-state index in [1.165, 1.54) is 5.56 Å². The zero-order valence-electron chi connectivity index (χ0n) is 17.9. The van der Waals surface area contributed by atoms with Gasteiger partial charge in [-0.25, -0.2) is 4.68 Å². The van der Waals surface area contributed by atoms with Crippen molar-refractivity contribution in [1.82, 2.24) is 14.8 Å². The second kappa shape index (κ2) is 8.08. The molecule has 6 nitrogen and oxygen atoms in total. The Bertz CT molecular complexity index is 1410. The molecule has 2 N–H and O–H groups in total. The zero-order chi connectivity index (χ0) is 22.4. The Labute approximate surface area is 195 Å². The molecule has 4 aromatic rings. The number of anilines is 1. The lowest BCUT2D eigenvalue weighted by Gasteiger charge is -2.33. The lowest BCUT2D eigenvalue weighted by molar-refractivity contribution is -0.116. The topological polar surface area (TPSA) is 80.0 Å². The van der Waals surface area contributed by atoms with Crippen LogP contribution < -0.4 is 5.32 Å². The van der Waals surface area contributed by atoms with Crippen LogP contribution in [-0.4, -0.2) is 25.7 Å². The number of hydrogen-bond acceptors (Lipinski definition) is 6. The van der Waals surface area contributed by atoms with Crippen LogP contribution in [0, 0.1) is 0 Å². The highest BCUT2D eigenvalue weighted by molar-refractivity contribution is 7.98. The second-order valence-corrected chi connectivity index (χ2v) is 9.30. The first-order valence-corrected chi connectivity index (χ1v) is 12.0. The number of nitrogens with one attached hydrogen (secondary N) is 1. The number of phenols is 1.